The molecule has 0 saturated heterocycles. The summed E-state index contributed by atoms with van der Waals surface area (Å²) in [6.07, 6.45) is 0.256. The molecule has 0 bridgehead atoms. The fourth-order valence-corrected chi connectivity index (χ4v) is 6.46. The summed E-state index contributed by atoms with van der Waals surface area (Å²) in [4.78, 5) is 40.7. The van der Waals surface area contributed by atoms with Crippen LogP contribution in [0.4, 0.5) is 0 Å². The molecular weight excluding hydrogens is 504 g/mol. The van der Waals surface area contributed by atoms with Gasteiger partial charge in [-0.1, -0.05) is 30.3 Å². The van der Waals surface area contributed by atoms with Crippen LogP contribution in [-0.2, 0) is 32.1 Å². The minimum atomic E-state index is -2.66. The van der Waals surface area contributed by atoms with E-state index >= 15 is 0 Å². The van der Waals surface area contributed by atoms with E-state index in [0.29, 0.717) is 12.2 Å². The zero-order valence-corrected chi connectivity index (χ0v) is 21.8. The van der Waals surface area contributed by atoms with Gasteiger partial charge in [-0.3, -0.25) is 19.3 Å². The number of hydrogen-bond acceptors (Lipinski definition) is 9. The molecule has 0 radical (unpaired) electrons. The molecule has 4 atom stereocenters. The number of likely N-dealkylation sites (N-methyl/N-ethyl adjacent to an activating group) is 1. The topological polar surface area (TPSA) is 171 Å². The second-order valence-electron chi connectivity index (χ2n) is 10.6. The molecule has 0 spiro atoms. The quantitative estimate of drug-likeness (QED) is 0.359. The first-order valence-electron chi connectivity index (χ1n) is 12.5. The van der Waals surface area contributed by atoms with Gasteiger partial charge in [0.25, 0.3) is 5.91 Å². The van der Waals surface area contributed by atoms with E-state index < -0.39 is 58.0 Å². The second kappa shape index (κ2) is 9.33. The number of benzene rings is 2. The van der Waals surface area contributed by atoms with Gasteiger partial charge in [0, 0.05) is 18.6 Å². The molecule has 1 amide bonds. The van der Waals surface area contributed by atoms with Crippen molar-refractivity contribution in [1.29, 1.82) is 0 Å². The van der Waals surface area contributed by atoms with E-state index in [1.807, 2.05) is 24.3 Å². The van der Waals surface area contributed by atoms with Crippen LogP contribution in [0.5, 0.6) is 5.75 Å². The Morgan fingerprint density at radius 3 is 2.36 bits per heavy atom. The molecule has 3 aliphatic carbocycles. The predicted octanol–water partition coefficient (Wildman–Crippen LogP) is 1.78. The number of hydrogen-bond donors (Lipinski definition) is 5. The summed E-state index contributed by atoms with van der Waals surface area (Å²) < 4.78 is 5.18. The van der Waals surface area contributed by atoms with Crippen molar-refractivity contribution in [1.82, 2.24) is 4.90 Å². The van der Waals surface area contributed by atoms with E-state index in [-0.39, 0.29) is 29.7 Å². The maximum Gasteiger partial charge on any atom is 0.255 e. The highest BCUT2D eigenvalue weighted by atomic mass is 16.5. The first kappa shape index (κ1) is 26.6. The Morgan fingerprint density at radius 2 is 1.77 bits per heavy atom. The van der Waals surface area contributed by atoms with Crippen LogP contribution in [0.25, 0.3) is 16.9 Å². The summed E-state index contributed by atoms with van der Waals surface area (Å²) in [5, 5.41) is 44.8. The number of nitrogens with zero attached hydrogens (tertiary/aromatic N) is 1. The van der Waals surface area contributed by atoms with E-state index in [2.05, 4.69) is 0 Å². The van der Waals surface area contributed by atoms with Crippen LogP contribution in [0.1, 0.15) is 23.1 Å². The smallest absolute Gasteiger partial charge is 0.255 e. The Morgan fingerprint density at radius 1 is 1.10 bits per heavy atom. The van der Waals surface area contributed by atoms with Crippen molar-refractivity contribution in [3.63, 3.8) is 0 Å². The van der Waals surface area contributed by atoms with Gasteiger partial charge >= 0.3 is 0 Å². The zero-order valence-electron chi connectivity index (χ0n) is 21.8. The fraction of sp³-hybridized carbons (Fsp3) is 0.345. The lowest BCUT2D eigenvalue weighted by Crippen LogP contribution is -2.65. The van der Waals surface area contributed by atoms with Gasteiger partial charge in [0.15, 0.2) is 11.4 Å². The third-order valence-electron chi connectivity index (χ3n) is 8.18. The Balaban J connectivity index is 1.69. The Hall–Kier alpha value is -3.99. The molecule has 6 N–H and O–H groups in total. The maximum atomic E-state index is 13.9. The van der Waals surface area contributed by atoms with Crippen LogP contribution in [0.2, 0.25) is 0 Å². The number of aliphatic hydroxyl groups is 3. The fourth-order valence-electron chi connectivity index (χ4n) is 6.46. The molecule has 0 heterocycles. The van der Waals surface area contributed by atoms with Gasteiger partial charge in [0.05, 0.1) is 18.2 Å². The molecule has 2 aromatic rings. The molecule has 0 aliphatic heterocycles. The van der Waals surface area contributed by atoms with Crippen LogP contribution in [0.15, 0.2) is 53.3 Å². The first-order chi connectivity index (χ1) is 18.4. The predicted molar refractivity (Wildman–Crippen MR) is 140 cm³/mol. The molecule has 5 rings (SSSR count). The number of aromatic hydroxyl groups is 1. The highest BCUT2D eigenvalue weighted by molar-refractivity contribution is 6.24. The van der Waals surface area contributed by atoms with Crippen LogP contribution in [0, 0.1) is 11.8 Å². The Labute approximate surface area is 224 Å². The summed E-state index contributed by atoms with van der Waals surface area (Å²) >= 11 is 0. The van der Waals surface area contributed by atoms with Crippen LogP contribution < -0.4 is 5.73 Å². The number of methoxy groups -OCH3 is 1. The number of ether oxygens (including phenoxy) is 1. The molecule has 2 unspecified atom stereocenters. The molecule has 1 saturated carbocycles. The molecule has 39 heavy (non-hydrogen) atoms. The van der Waals surface area contributed by atoms with Gasteiger partial charge < -0.3 is 30.9 Å². The zero-order chi connectivity index (χ0) is 28.4. The van der Waals surface area contributed by atoms with Crippen molar-refractivity contribution in [2.24, 2.45) is 17.6 Å². The van der Waals surface area contributed by atoms with Gasteiger partial charge in [-0.25, -0.2) is 0 Å². The van der Waals surface area contributed by atoms with Gasteiger partial charge in [-0.15, -0.1) is 0 Å². The first-order valence-corrected chi connectivity index (χ1v) is 12.5. The SMILES string of the molecule is COCc1ccc(-c2ccc(O)c3c2CC2CC4[C@H](N(C)C)C(=O)C(C(N)=O)=C(O)[C@@]4(O)C(=O)C2=C3O)cc1. The number of ketones is 2. The number of phenols is 1. The van der Waals surface area contributed by atoms with Crippen molar-refractivity contribution in [2.75, 3.05) is 21.2 Å². The lowest BCUT2D eigenvalue weighted by molar-refractivity contribution is -0.153. The molecule has 3 aliphatic rings. The molecular formula is C29H30N2O8. The van der Waals surface area contributed by atoms with E-state index in [1.165, 1.54) is 11.0 Å². The van der Waals surface area contributed by atoms with Gasteiger partial charge in [0.1, 0.15) is 22.8 Å². The largest absolute Gasteiger partial charge is 0.508 e. The monoisotopic (exact) mass is 534 g/mol. The number of primary amides is 1. The van der Waals surface area contributed by atoms with Crippen molar-refractivity contribution in [3.05, 3.63) is 70.0 Å². The molecule has 0 aromatic heterocycles. The summed E-state index contributed by atoms with van der Waals surface area (Å²) in [6.45, 7) is 0.444. The molecule has 10 nitrogen and oxygen atoms in total. The minimum absolute atomic E-state index is 0.0354. The third kappa shape index (κ3) is 3.78. The maximum absolute atomic E-state index is 13.9. The number of aliphatic hydroxyl groups excluding tert-OH is 2. The lowest BCUT2D eigenvalue weighted by Gasteiger charge is -2.50. The Bertz CT molecular complexity index is 1470. The number of carbonyl (C=O) groups is 3. The molecule has 2 aromatic carbocycles. The van der Waals surface area contributed by atoms with Crippen molar-refractivity contribution < 1.29 is 39.5 Å². The number of fused-ring (bicyclic) bond motifs is 3. The summed E-state index contributed by atoms with van der Waals surface area (Å²) in [5.74, 6) is -6.71. The second-order valence-corrected chi connectivity index (χ2v) is 10.6. The minimum Gasteiger partial charge on any atom is -0.508 e. The number of carbonyl (C=O) groups excluding carboxylic acids is 3. The lowest BCUT2D eigenvalue weighted by atomic mass is 9.57. The molecule has 1 fully saturated rings. The normalized spacial score (nSPS) is 26.4. The van der Waals surface area contributed by atoms with Crippen molar-refractivity contribution >= 4 is 23.2 Å². The summed E-state index contributed by atoms with van der Waals surface area (Å²) in [6, 6.07) is 9.65. The highest BCUT2D eigenvalue weighted by Gasteiger charge is 2.64. The number of nitrogens with two attached hydrogens (primary N) is 1. The average molecular weight is 535 g/mol. The summed E-state index contributed by atoms with van der Waals surface area (Å²) in [5.41, 5.74) is 4.90. The number of amides is 1. The van der Waals surface area contributed by atoms with Crippen molar-refractivity contribution in [3.8, 4) is 16.9 Å². The van der Waals surface area contributed by atoms with Gasteiger partial charge in [-0.05, 0) is 61.2 Å². The number of Topliss-reactive ketones (excluding diaryl/α,β-unsaturated/α-hetero) is 2. The third-order valence-corrected chi connectivity index (χ3v) is 8.18. The van der Waals surface area contributed by atoms with Gasteiger partial charge in [-0.2, -0.15) is 0 Å². The van der Waals surface area contributed by atoms with E-state index in [0.717, 1.165) is 16.7 Å². The Kier molecular flexibility index (Phi) is 6.37. The number of phenolic OH excluding ortho intramolecular Hbond substituents is 1. The van der Waals surface area contributed by atoms with Crippen molar-refractivity contribution in [2.45, 2.75) is 31.1 Å². The van der Waals surface area contributed by atoms with E-state index in [9.17, 15) is 34.8 Å². The molecule has 10 heteroatoms. The summed E-state index contributed by atoms with van der Waals surface area (Å²) in [7, 11) is 4.74. The van der Waals surface area contributed by atoms with E-state index in [4.69, 9.17) is 10.5 Å². The van der Waals surface area contributed by atoms with Crippen LogP contribution in [0.3, 0.4) is 0 Å². The van der Waals surface area contributed by atoms with E-state index in [1.54, 1.807) is 27.3 Å². The number of rotatable bonds is 5. The van der Waals surface area contributed by atoms with Crippen LogP contribution >= 0.6 is 0 Å². The van der Waals surface area contributed by atoms with Gasteiger partial charge in [0.2, 0.25) is 5.78 Å². The van der Waals surface area contributed by atoms with Crippen LogP contribution in [-0.4, -0.2) is 75.6 Å². The standard InChI is InChI=1S/C29H30N2O8/c1-31(2)23-18-11-15-10-17-16(14-6-4-13(5-7-14)12-39-3)8-9-19(32)21(17)24(33)20(15)26(35)29(18,38)27(36)22(25(23)34)28(30)37/h4-9,15,18,23,32-33,36,38H,10-12H2,1-3H3,(H2,30,37)/t15?,18?,23-,29-/m0/s1. The molecule has 204 valence electrons. The highest BCUT2D eigenvalue weighted by Crippen LogP contribution is 2.53. The average Bonchev–Trinajstić information content (AvgIpc) is 2.87.